The van der Waals surface area contributed by atoms with Gasteiger partial charge >= 0.3 is 0 Å². The third kappa shape index (κ3) is 2.36. The summed E-state index contributed by atoms with van der Waals surface area (Å²) in [4.78, 5) is 17.5. The lowest BCUT2D eigenvalue weighted by atomic mass is 9.96. The number of piperidine rings is 1. The minimum absolute atomic E-state index is 0.0881. The smallest absolute Gasteiger partial charge is 0.253 e. The number of carbonyl (C=O) groups excluding carboxylic acids is 1. The van der Waals surface area contributed by atoms with Gasteiger partial charge in [0.1, 0.15) is 0 Å². The zero-order valence-electron chi connectivity index (χ0n) is 11.1. The van der Waals surface area contributed by atoms with Crippen LogP contribution < -0.4 is 5.73 Å². The maximum Gasteiger partial charge on any atom is 0.253 e. The van der Waals surface area contributed by atoms with E-state index < -0.39 is 0 Å². The zero-order valence-corrected chi connectivity index (χ0v) is 11.1. The number of nitrogens with zero attached hydrogens (tertiary/aromatic N) is 1. The molecule has 19 heavy (non-hydrogen) atoms. The molecule has 1 aromatic carbocycles. The highest BCUT2D eigenvalue weighted by atomic mass is 16.2. The molecular formula is C15H19N3O. The van der Waals surface area contributed by atoms with Crippen molar-refractivity contribution in [3.8, 4) is 0 Å². The van der Waals surface area contributed by atoms with Crippen molar-refractivity contribution < 1.29 is 4.79 Å². The van der Waals surface area contributed by atoms with E-state index in [2.05, 4.69) is 11.9 Å². The van der Waals surface area contributed by atoms with Crippen molar-refractivity contribution >= 4 is 16.8 Å². The molecule has 3 rings (SSSR count). The fraction of sp³-hybridized carbons (Fsp3) is 0.400. The molecule has 1 fully saturated rings. The van der Waals surface area contributed by atoms with Crippen LogP contribution in [0.5, 0.6) is 0 Å². The summed E-state index contributed by atoms with van der Waals surface area (Å²) < 4.78 is 0. The van der Waals surface area contributed by atoms with Gasteiger partial charge in [-0.25, -0.2) is 0 Å². The second-order valence-electron chi connectivity index (χ2n) is 5.59. The first-order valence-corrected chi connectivity index (χ1v) is 6.75. The van der Waals surface area contributed by atoms with Gasteiger partial charge in [0, 0.05) is 41.8 Å². The topological polar surface area (TPSA) is 62.1 Å². The van der Waals surface area contributed by atoms with E-state index in [0.717, 1.165) is 29.4 Å². The SMILES string of the molecule is CC1CC(N)CN(C(=O)c2ccc3[nH]ccc3c2)C1. The maximum atomic E-state index is 12.5. The Morgan fingerprint density at radius 2 is 2.21 bits per heavy atom. The largest absolute Gasteiger partial charge is 0.361 e. The number of likely N-dealkylation sites (tertiary alicyclic amines) is 1. The van der Waals surface area contributed by atoms with Gasteiger partial charge in [0.25, 0.3) is 5.91 Å². The molecule has 0 spiro atoms. The van der Waals surface area contributed by atoms with Crippen LogP contribution in [0.25, 0.3) is 10.9 Å². The van der Waals surface area contributed by atoms with E-state index in [4.69, 9.17) is 5.73 Å². The third-order valence-corrected chi connectivity index (χ3v) is 3.78. The summed E-state index contributed by atoms with van der Waals surface area (Å²) >= 11 is 0. The number of aromatic nitrogens is 1. The fourth-order valence-corrected chi connectivity index (χ4v) is 2.93. The van der Waals surface area contributed by atoms with Crippen molar-refractivity contribution in [1.82, 2.24) is 9.88 Å². The molecule has 1 aromatic heterocycles. The lowest BCUT2D eigenvalue weighted by Gasteiger charge is -2.34. The van der Waals surface area contributed by atoms with E-state index in [9.17, 15) is 4.79 Å². The Bertz CT molecular complexity index is 594. The molecule has 1 aliphatic heterocycles. The summed E-state index contributed by atoms with van der Waals surface area (Å²) in [5.41, 5.74) is 7.81. The third-order valence-electron chi connectivity index (χ3n) is 3.78. The Hall–Kier alpha value is -1.81. The molecule has 100 valence electrons. The number of fused-ring (bicyclic) bond motifs is 1. The Labute approximate surface area is 112 Å². The number of rotatable bonds is 1. The number of nitrogens with two attached hydrogens (primary N) is 1. The molecule has 2 heterocycles. The monoisotopic (exact) mass is 257 g/mol. The quantitative estimate of drug-likeness (QED) is 0.820. The lowest BCUT2D eigenvalue weighted by Crippen LogP contribution is -2.48. The molecule has 3 N–H and O–H groups in total. The van der Waals surface area contributed by atoms with E-state index in [-0.39, 0.29) is 11.9 Å². The molecule has 1 aliphatic rings. The first-order chi connectivity index (χ1) is 9.13. The highest BCUT2D eigenvalue weighted by molar-refractivity contribution is 5.98. The van der Waals surface area contributed by atoms with Gasteiger partial charge in [-0.05, 0) is 36.6 Å². The highest BCUT2D eigenvalue weighted by Gasteiger charge is 2.26. The van der Waals surface area contributed by atoms with Crippen molar-refractivity contribution in [1.29, 1.82) is 0 Å². The van der Waals surface area contributed by atoms with Crippen LogP contribution in [0.1, 0.15) is 23.7 Å². The molecule has 2 aromatic rings. The summed E-state index contributed by atoms with van der Waals surface area (Å²) in [6, 6.07) is 7.86. The van der Waals surface area contributed by atoms with Gasteiger partial charge < -0.3 is 15.6 Å². The lowest BCUT2D eigenvalue weighted by molar-refractivity contribution is 0.0661. The van der Waals surface area contributed by atoms with Gasteiger partial charge in [0.15, 0.2) is 0 Å². The number of hydrogen-bond donors (Lipinski definition) is 2. The minimum Gasteiger partial charge on any atom is -0.361 e. The van der Waals surface area contributed by atoms with E-state index in [1.165, 1.54) is 0 Å². The van der Waals surface area contributed by atoms with Crippen LogP contribution >= 0.6 is 0 Å². The number of hydrogen-bond acceptors (Lipinski definition) is 2. The molecule has 1 saturated heterocycles. The maximum absolute atomic E-state index is 12.5. The first-order valence-electron chi connectivity index (χ1n) is 6.75. The molecule has 1 amide bonds. The summed E-state index contributed by atoms with van der Waals surface area (Å²) in [5, 5.41) is 1.07. The molecule has 2 unspecified atom stereocenters. The van der Waals surface area contributed by atoms with Crippen molar-refractivity contribution in [2.45, 2.75) is 19.4 Å². The molecule has 4 heteroatoms. The molecule has 0 aliphatic carbocycles. The molecule has 2 atom stereocenters. The normalized spacial score (nSPS) is 23.8. The minimum atomic E-state index is 0.0881. The molecule has 0 radical (unpaired) electrons. The number of amides is 1. The second kappa shape index (κ2) is 4.70. The number of H-pyrrole nitrogens is 1. The Balaban J connectivity index is 1.86. The number of carbonyl (C=O) groups is 1. The Morgan fingerprint density at radius 3 is 3.00 bits per heavy atom. The van der Waals surface area contributed by atoms with Gasteiger partial charge in [-0.3, -0.25) is 4.79 Å². The van der Waals surface area contributed by atoms with Gasteiger partial charge in [-0.2, -0.15) is 0 Å². The van der Waals surface area contributed by atoms with Crippen LogP contribution in [0.15, 0.2) is 30.5 Å². The molecule has 0 saturated carbocycles. The van der Waals surface area contributed by atoms with Crippen LogP contribution in [0.4, 0.5) is 0 Å². The van der Waals surface area contributed by atoms with Gasteiger partial charge in [-0.1, -0.05) is 6.92 Å². The average Bonchev–Trinajstić information content (AvgIpc) is 2.83. The van der Waals surface area contributed by atoms with Gasteiger partial charge in [0.05, 0.1) is 0 Å². The summed E-state index contributed by atoms with van der Waals surface area (Å²) in [6.07, 6.45) is 2.89. The average molecular weight is 257 g/mol. The van der Waals surface area contributed by atoms with Crippen molar-refractivity contribution in [3.05, 3.63) is 36.0 Å². The van der Waals surface area contributed by atoms with Crippen molar-refractivity contribution in [2.24, 2.45) is 11.7 Å². The Morgan fingerprint density at radius 1 is 1.37 bits per heavy atom. The highest BCUT2D eigenvalue weighted by Crippen LogP contribution is 2.20. The van der Waals surface area contributed by atoms with Crippen LogP contribution in [0.2, 0.25) is 0 Å². The standard InChI is InChI=1S/C15H19N3O/c1-10-6-13(16)9-18(8-10)15(19)12-2-3-14-11(7-12)4-5-17-14/h2-5,7,10,13,17H,6,8-9,16H2,1H3. The molecule has 4 nitrogen and oxygen atoms in total. The second-order valence-corrected chi connectivity index (χ2v) is 5.59. The number of aromatic amines is 1. The fourth-order valence-electron chi connectivity index (χ4n) is 2.93. The molecular weight excluding hydrogens is 238 g/mol. The first kappa shape index (κ1) is 12.2. The van der Waals surface area contributed by atoms with Crippen LogP contribution in [0.3, 0.4) is 0 Å². The van der Waals surface area contributed by atoms with E-state index in [1.54, 1.807) is 0 Å². The van der Waals surface area contributed by atoms with E-state index in [1.807, 2.05) is 35.4 Å². The van der Waals surface area contributed by atoms with Gasteiger partial charge in [-0.15, -0.1) is 0 Å². The van der Waals surface area contributed by atoms with Crippen LogP contribution in [-0.4, -0.2) is 34.9 Å². The summed E-state index contributed by atoms with van der Waals surface area (Å²) in [6.45, 7) is 3.61. The predicted octanol–water partition coefficient (Wildman–Crippen LogP) is 1.98. The summed E-state index contributed by atoms with van der Waals surface area (Å²) in [7, 11) is 0. The Kier molecular flexibility index (Phi) is 3.03. The predicted molar refractivity (Wildman–Crippen MR) is 76.0 cm³/mol. The van der Waals surface area contributed by atoms with Gasteiger partial charge in [0.2, 0.25) is 0 Å². The number of benzene rings is 1. The zero-order chi connectivity index (χ0) is 13.4. The molecule has 0 bridgehead atoms. The van der Waals surface area contributed by atoms with E-state index >= 15 is 0 Å². The van der Waals surface area contributed by atoms with E-state index in [0.29, 0.717) is 12.5 Å². The van der Waals surface area contributed by atoms with Crippen LogP contribution in [-0.2, 0) is 0 Å². The number of nitrogens with one attached hydrogen (secondary N) is 1. The van der Waals surface area contributed by atoms with Crippen LogP contribution in [0, 0.1) is 5.92 Å². The van der Waals surface area contributed by atoms with Crippen molar-refractivity contribution in [2.75, 3.05) is 13.1 Å². The summed E-state index contributed by atoms with van der Waals surface area (Å²) in [5.74, 6) is 0.564. The van der Waals surface area contributed by atoms with Crippen molar-refractivity contribution in [3.63, 3.8) is 0 Å².